The van der Waals surface area contributed by atoms with Gasteiger partial charge in [0.1, 0.15) is 0 Å². The zero-order valence-corrected chi connectivity index (χ0v) is 16.9. The topological polar surface area (TPSA) is 52.5 Å². The van der Waals surface area contributed by atoms with Crippen molar-refractivity contribution in [3.63, 3.8) is 0 Å². The molecule has 0 saturated carbocycles. The maximum absolute atomic E-state index is 8.69. The van der Waals surface area contributed by atoms with Crippen molar-refractivity contribution in [2.75, 3.05) is 13.1 Å². The lowest BCUT2D eigenvalue weighted by atomic mass is 10.1. The van der Waals surface area contributed by atoms with E-state index in [1.807, 2.05) is 0 Å². The lowest BCUT2D eigenvalue weighted by Gasteiger charge is -2.06. The highest BCUT2D eigenvalue weighted by molar-refractivity contribution is 4.81. The lowest BCUT2D eigenvalue weighted by molar-refractivity contribution is -0.0370. The first-order valence-corrected chi connectivity index (χ1v) is 11.0. The Bertz CT molecular complexity index is 267. The number of aliphatic hydroxyl groups is 2. The molecule has 0 heterocycles. The van der Waals surface area contributed by atoms with E-state index in [1.165, 1.54) is 96.3 Å². The molecule has 150 valence electrons. The molecule has 0 aliphatic heterocycles. The van der Waals surface area contributed by atoms with Crippen LogP contribution in [0.25, 0.3) is 0 Å². The minimum absolute atomic E-state index is 0.285. The minimum Gasteiger partial charge on any atom is -0.367 e. The van der Waals surface area contributed by atoms with Gasteiger partial charge in [0.25, 0.3) is 0 Å². The molecule has 0 amide bonds. The molecule has 0 rings (SSSR count). The molecule has 25 heavy (non-hydrogen) atoms. The number of unbranched alkanes of at least 4 members (excludes halogenated alkanes) is 14. The number of aliphatic hydroxyl groups excluding tert-OH is 1. The van der Waals surface area contributed by atoms with Crippen molar-refractivity contribution in [1.29, 1.82) is 0 Å². The van der Waals surface area contributed by atoms with Gasteiger partial charge < -0.3 is 15.5 Å². The van der Waals surface area contributed by atoms with Gasteiger partial charge in [0, 0.05) is 6.54 Å². The second-order valence-corrected chi connectivity index (χ2v) is 7.33. The van der Waals surface area contributed by atoms with E-state index in [-0.39, 0.29) is 6.54 Å². The van der Waals surface area contributed by atoms with Crippen molar-refractivity contribution in [2.45, 2.75) is 116 Å². The Kier molecular flexibility index (Phi) is 21.3. The molecule has 0 aliphatic rings. The van der Waals surface area contributed by atoms with E-state index in [1.54, 1.807) is 0 Å². The molecule has 0 fully saturated rings. The highest BCUT2D eigenvalue weighted by atomic mass is 16.5. The number of hydrogen-bond donors (Lipinski definition) is 3. The third-order valence-electron chi connectivity index (χ3n) is 4.69. The zero-order valence-electron chi connectivity index (χ0n) is 16.9. The van der Waals surface area contributed by atoms with Crippen molar-refractivity contribution in [1.82, 2.24) is 5.32 Å². The van der Waals surface area contributed by atoms with E-state index in [4.69, 9.17) is 10.2 Å². The summed E-state index contributed by atoms with van der Waals surface area (Å²) in [5.41, 5.74) is 0. The Balaban J connectivity index is 3.05. The summed E-state index contributed by atoms with van der Waals surface area (Å²) in [6, 6.07) is 0. The van der Waals surface area contributed by atoms with Gasteiger partial charge in [-0.3, -0.25) is 0 Å². The summed E-state index contributed by atoms with van der Waals surface area (Å²) < 4.78 is 0. The maximum atomic E-state index is 8.69. The molecule has 3 nitrogen and oxygen atoms in total. The Morgan fingerprint density at radius 1 is 0.640 bits per heavy atom. The van der Waals surface area contributed by atoms with E-state index in [0.29, 0.717) is 0 Å². The first-order valence-electron chi connectivity index (χ1n) is 11.0. The molecular weight excluding hydrogens is 310 g/mol. The van der Waals surface area contributed by atoms with Crippen LogP contribution >= 0.6 is 0 Å². The fourth-order valence-electron chi connectivity index (χ4n) is 3.08. The van der Waals surface area contributed by atoms with Gasteiger partial charge in [-0.2, -0.15) is 0 Å². The summed E-state index contributed by atoms with van der Waals surface area (Å²) in [4.78, 5) is 0. The van der Waals surface area contributed by atoms with Crippen LogP contribution in [0.2, 0.25) is 0 Å². The second kappa shape index (κ2) is 21.7. The van der Waals surface area contributed by atoms with Crippen LogP contribution in [-0.2, 0) is 0 Å². The molecule has 0 spiro atoms. The molecule has 0 atom stereocenters. The smallest absolute Gasteiger partial charge is 0.164 e. The van der Waals surface area contributed by atoms with E-state index in [0.717, 1.165) is 13.0 Å². The first-order chi connectivity index (χ1) is 12.3. The number of nitrogens with one attached hydrogen (secondary N) is 1. The van der Waals surface area contributed by atoms with Crippen LogP contribution in [0.15, 0.2) is 12.2 Å². The van der Waals surface area contributed by atoms with Crippen LogP contribution in [-0.4, -0.2) is 29.6 Å². The van der Waals surface area contributed by atoms with Gasteiger partial charge in [0.05, 0.1) is 0 Å². The second-order valence-electron chi connectivity index (χ2n) is 7.33. The van der Waals surface area contributed by atoms with Crippen LogP contribution in [0.1, 0.15) is 110 Å². The molecule has 0 aliphatic carbocycles. The Morgan fingerprint density at radius 2 is 1.08 bits per heavy atom. The molecule has 0 bridgehead atoms. The predicted octanol–water partition coefficient (Wildman–Crippen LogP) is 5.70. The Hall–Kier alpha value is -0.380. The van der Waals surface area contributed by atoms with Crippen LogP contribution in [0.3, 0.4) is 0 Å². The van der Waals surface area contributed by atoms with Gasteiger partial charge in [0.2, 0.25) is 0 Å². The van der Waals surface area contributed by atoms with Crippen LogP contribution in [0, 0.1) is 0 Å². The van der Waals surface area contributed by atoms with Crippen molar-refractivity contribution in [3.05, 3.63) is 12.2 Å². The van der Waals surface area contributed by atoms with Gasteiger partial charge in [-0.15, -0.1) is 0 Å². The van der Waals surface area contributed by atoms with Gasteiger partial charge >= 0.3 is 0 Å². The van der Waals surface area contributed by atoms with E-state index in [9.17, 15) is 0 Å². The van der Waals surface area contributed by atoms with Crippen LogP contribution in [0.4, 0.5) is 0 Å². The molecule has 0 radical (unpaired) electrons. The third-order valence-corrected chi connectivity index (χ3v) is 4.69. The fourth-order valence-corrected chi connectivity index (χ4v) is 3.08. The van der Waals surface area contributed by atoms with Crippen molar-refractivity contribution in [2.24, 2.45) is 0 Å². The summed E-state index contributed by atoms with van der Waals surface area (Å²) in [5, 5.41) is 20.4. The highest BCUT2D eigenvalue weighted by Crippen LogP contribution is 2.11. The highest BCUT2D eigenvalue weighted by Gasteiger charge is 1.95. The van der Waals surface area contributed by atoms with Crippen LogP contribution < -0.4 is 5.32 Å². The fraction of sp³-hybridized carbons (Fsp3) is 0.909. The molecule has 3 N–H and O–H groups in total. The summed E-state index contributed by atoms with van der Waals surface area (Å²) >= 11 is 0. The quantitative estimate of drug-likeness (QED) is 0.149. The Morgan fingerprint density at radius 3 is 1.56 bits per heavy atom. The molecule has 0 aromatic heterocycles. The average Bonchev–Trinajstić information content (AvgIpc) is 2.60. The molecule has 0 aromatic rings. The number of hydrogen-bond acceptors (Lipinski definition) is 3. The van der Waals surface area contributed by atoms with Crippen molar-refractivity contribution >= 4 is 0 Å². The summed E-state index contributed by atoms with van der Waals surface area (Å²) in [7, 11) is 0. The molecule has 0 saturated heterocycles. The average molecular weight is 356 g/mol. The van der Waals surface area contributed by atoms with Gasteiger partial charge in [-0.1, -0.05) is 89.7 Å². The van der Waals surface area contributed by atoms with E-state index in [2.05, 4.69) is 24.4 Å². The molecule has 0 unspecified atom stereocenters. The SMILES string of the molecule is CCCCCCCCC=CCCCCCCCCCCNCC(O)O. The monoisotopic (exact) mass is 355 g/mol. The van der Waals surface area contributed by atoms with Gasteiger partial charge in [-0.05, 0) is 38.6 Å². The van der Waals surface area contributed by atoms with Crippen molar-refractivity contribution < 1.29 is 10.2 Å². The molecule has 0 aromatic carbocycles. The molecule has 3 heteroatoms. The van der Waals surface area contributed by atoms with Crippen LogP contribution in [0.5, 0.6) is 0 Å². The number of allylic oxidation sites excluding steroid dienone is 2. The minimum atomic E-state index is -1.22. The van der Waals surface area contributed by atoms with Gasteiger partial charge in [-0.25, -0.2) is 0 Å². The largest absolute Gasteiger partial charge is 0.367 e. The number of rotatable bonds is 20. The van der Waals surface area contributed by atoms with E-state index < -0.39 is 6.29 Å². The summed E-state index contributed by atoms with van der Waals surface area (Å²) in [5.74, 6) is 0. The normalized spacial score (nSPS) is 11.8. The van der Waals surface area contributed by atoms with Gasteiger partial charge in [0.15, 0.2) is 6.29 Å². The summed E-state index contributed by atoms with van der Waals surface area (Å²) in [6.45, 7) is 3.45. The van der Waals surface area contributed by atoms with Crippen molar-refractivity contribution in [3.8, 4) is 0 Å². The molecular formula is C22H45NO2. The van der Waals surface area contributed by atoms with E-state index >= 15 is 0 Å². The third kappa shape index (κ3) is 23.6. The summed E-state index contributed by atoms with van der Waals surface area (Å²) in [6.07, 6.45) is 25.0. The Labute approximate surface area is 157 Å². The maximum Gasteiger partial charge on any atom is 0.164 e. The lowest BCUT2D eigenvalue weighted by Crippen LogP contribution is -2.26. The standard InChI is InChI=1S/C22H45NO2/c1-2-3-4-5-6-7-8-9-10-11-12-13-14-15-16-17-18-19-20-23-21-22(24)25/h9-10,22-25H,2-8,11-21H2,1H3. The first kappa shape index (κ1) is 24.6. The zero-order chi connectivity index (χ0) is 18.4. The predicted molar refractivity (Wildman–Crippen MR) is 110 cm³/mol.